The lowest BCUT2D eigenvalue weighted by Gasteiger charge is -2.29. The Labute approximate surface area is 151 Å². The average Bonchev–Trinajstić information content (AvgIpc) is 3.24. The van der Waals surface area contributed by atoms with Gasteiger partial charge in [-0.3, -0.25) is 19.7 Å². The van der Waals surface area contributed by atoms with Crippen molar-refractivity contribution < 1.29 is 14.4 Å². The smallest absolute Gasteiger partial charge is 0.255 e. The minimum atomic E-state index is -0.568. The molecule has 3 amide bonds. The van der Waals surface area contributed by atoms with Crippen molar-refractivity contribution in [1.29, 1.82) is 0 Å². The van der Waals surface area contributed by atoms with Gasteiger partial charge in [-0.2, -0.15) is 0 Å². The third-order valence-electron chi connectivity index (χ3n) is 5.18. The van der Waals surface area contributed by atoms with Crippen LogP contribution in [0.3, 0.4) is 0 Å². The molecule has 0 aromatic heterocycles. The van der Waals surface area contributed by atoms with Gasteiger partial charge in [0.2, 0.25) is 11.8 Å². The molecular formula is C19H22N4O3. The molecule has 3 heterocycles. The molecule has 1 aromatic rings. The minimum Gasteiger partial charge on any atom is -0.322 e. The summed E-state index contributed by atoms with van der Waals surface area (Å²) in [5, 5.41) is 9.07. The first-order chi connectivity index (χ1) is 12.6. The Morgan fingerprint density at radius 3 is 2.88 bits per heavy atom. The van der Waals surface area contributed by atoms with E-state index >= 15 is 0 Å². The number of amides is 3. The molecule has 0 bridgehead atoms. The molecule has 3 aliphatic heterocycles. The molecule has 0 radical (unpaired) electrons. The Morgan fingerprint density at radius 2 is 2.12 bits per heavy atom. The van der Waals surface area contributed by atoms with Gasteiger partial charge in [-0.1, -0.05) is 30.4 Å². The van der Waals surface area contributed by atoms with Crippen LogP contribution in [0, 0.1) is 0 Å². The van der Waals surface area contributed by atoms with Gasteiger partial charge in [-0.25, -0.2) is 0 Å². The number of nitrogens with zero attached hydrogens (tertiary/aromatic N) is 1. The topological polar surface area (TPSA) is 90.5 Å². The first-order valence-corrected chi connectivity index (χ1v) is 8.99. The van der Waals surface area contributed by atoms with Gasteiger partial charge in [-0.05, 0) is 17.5 Å². The molecule has 2 unspecified atom stereocenters. The summed E-state index contributed by atoms with van der Waals surface area (Å²) in [5.74, 6) is -0.762. The van der Waals surface area contributed by atoms with Gasteiger partial charge in [0.1, 0.15) is 6.04 Å². The third kappa shape index (κ3) is 3.15. The fourth-order valence-corrected chi connectivity index (χ4v) is 3.86. The molecule has 26 heavy (non-hydrogen) atoms. The second-order valence-corrected chi connectivity index (χ2v) is 6.93. The summed E-state index contributed by atoms with van der Waals surface area (Å²) in [4.78, 5) is 38.1. The maximum absolute atomic E-state index is 13.0. The molecule has 0 spiro atoms. The summed E-state index contributed by atoms with van der Waals surface area (Å²) in [6, 6.07) is 5.59. The summed E-state index contributed by atoms with van der Waals surface area (Å²) >= 11 is 0. The lowest BCUT2D eigenvalue weighted by atomic mass is 10.0. The van der Waals surface area contributed by atoms with Crippen molar-refractivity contribution in [1.82, 2.24) is 20.9 Å². The first kappa shape index (κ1) is 16.9. The molecule has 7 heteroatoms. The molecular weight excluding hydrogens is 332 g/mol. The van der Waals surface area contributed by atoms with Gasteiger partial charge in [0, 0.05) is 44.2 Å². The van der Waals surface area contributed by atoms with E-state index in [0.717, 1.165) is 24.2 Å². The lowest BCUT2D eigenvalue weighted by Crippen LogP contribution is -2.52. The number of hydrogen-bond donors (Lipinski definition) is 3. The van der Waals surface area contributed by atoms with Crippen molar-refractivity contribution in [3.8, 4) is 0 Å². The van der Waals surface area contributed by atoms with Crippen molar-refractivity contribution in [3.63, 3.8) is 0 Å². The van der Waals surface area contributed by atoms with E-state index < -0.39 is 6.04 Å². The quantitative estimate of drug-likeness (QED) is 0.514. The van der Waals surface area contributed by atoms with E-state index in [-0.39, 0.29) is 24.1 Å². The second kappa shape index (κ2) is 7.01. The molecule has 1 fully saturated rings. The molecule has 136 valence electrons. The zero-order chi connectivity index (χ0) is 18.1. The van der Waals surface area contributed by atoms with Crippen LogP contribution in [0.15, 0.2) is 30.4 Å². The Balaban J connectivity index is 1.46. The predicted octanol–water partition coefficient (Wildman–Crippen LogP) is 0.0652. The Morgan fingerprint density at radius 1 is 1.23 bits per heavy atom. The fourth-order valence-electron chi connectivity index (χ4n) is 3.86. The van der Waals surface area contributed by atoms with Gasteiger partial charge >= 0.3 is 0 Å². The zero-order valence-corrected chi connectivity index (χ0v) is 14.5. The predicted molar refractivity (Wildman–Crippen MR) is 95.1 cm³/mol. The van der Waals surface area contributed by atoms with Crippen LogP contribution in [-0.2, 0) is 22.7 Å². The number of carbonyl (C=O) groups is 3. The van der Waals surface area contributed by atoms with Crippen molar-refractivity contribution >= 4 is 17.7 Å². The van der Waals surface area contributed by atoms with Crippen LogP contribution in [0.5, 0.6) is 0 Å². The number of carbonyl (C=O) groups excluding carboxylic acids is 3. The van der Waals surface area contributed by atoms with Gasteiger partial charge in [0.25, 0.3) is 5.91 Å². The Bertz CT molecular complexity index is 789. The summed E-state index contributed by atoms with van der Waals surface area (Å²) in [6.07, 6.45) is 4.90. The SMILES string of the molecule is O=C1CCC(N2Cc3cccc(CNCC4C=CCN4)c3C2=O)C(=O)N1. The van der Waals surface area contributed by atoms with Crippen molar-refractivity contribution in [2.75, 3.05) is 13.1 Å². The van der Waals surface area contributed by atoms with Crippen LogP contribution in [0.25, 0.3) is 0 Å². The van der Waals surface area contributed by atoms with Gasteiger partial charge in [0.15, 0.2) is 0 Å². The van der Waals surface area contributed by atoms with E-state index in [2.05, 4.69) is 28.1 Å². The van der Waals surface area contributed by atoms with Gasteiger partial charge in [-0.15, -0.1) is 0 Å². The van der Waals surface area contributed by atoms with Crippen molar-refractivity contribution in [2.24, 2.45) is 0 Å². The molecule has 2 atom stereocenters. The highest BCUT2D eigenvalue weighted by Crippen LogP contribution is 2.29. The van der Waals surface area contributed by atoms with E-state index in [9.17, 15) is 14.4 Å². The van der Waals surface area contributed by atoms with Crippen LogP contribution in [0.4, 0.5) is 0 Å². The number of imide groups is 1. The highest BCUT2D eigenvalue weighted by atomic mass is 16.2. The Hall–Kier alpha value is -2.51. The van der Waals surface area contributed by atoms with Crippen LogP contribution in [0.1, 0.15) is 34.3 Å². The van der Waals surface area contributed by atoms with E-state index in [1.54, 1.807) is 4.90 Å². The number of rotatable bonds is 5. The van der Waals surface area contributed by atoms with Crippen molar-refractivity contribution in [3.05, 3.63) is 47.0 Å². The van der Waals surface area contributed by atoms with E-state index in [4.69, 9.17) is 0 Å². The summed E-state index contributed by atoms with van der Waals surface area (Å²) in [5.41, 5.74) is 2.58. The summed E-state index contributed by atoms with van der Waals surface area (Å²) in [6.45, 7) is 2.71. The average molecular weight is 354 g/mol. The summed E-state index contributed by atoms with van der Waals surface area (Å²) in [7, 11) is 0. The van der Waals surface area contributed by atoms with Gasteiger partial charge < -0.3 is 15.5 Å². The molecule has 7 nitrogen and oxygen atoms in total. The molecule has 0 aliphatic carbocycles. The Kier molecular flexibility index (Phi) is 4.57. The first-order valence-electron chi connectivity index (χ1n) is 8.99. The van der Waals surface area contributed by atoms with E-state index in [1.807, 2.05) is 18.2 Å². The highest BCUT2D eigenvalue weighted by molar-refractivity contribution is 6.05. The number of benzene rings is 1. The summed E-state index contributed by atoms with van der Waals surface area (Å²) < 4.78 is 0. The van der Waals surface area contributed by atoms with Crippen LogP contribution in [-0.4, -0.2) is 47.8 Å². The van der Waals surface area contributed by atoms with Crippen LogP contribution < -0.4 is 16.0 Å². The molecule has 3 aliphatic rings. The number of nitrogens with one attached hydrogen (secondary N) is 3. The normalized spacial score (nSPS) is 24.9. The molecule has 1 aromatic carbocycles. The molecule has 3 N–H and O–H groups in total. The van der Waals surface area contributed by atoms with Crippen LogP contribution in [0.2, 0.25) is 0 Å². The minimum absolute atomic E-state index is 0.120. The largest absolute Gasteiger partial charge is 0.322 e. The fraction of sp³-hybridized carbons (Fsp3) is 0.421. The lowest BCUT2D eigenvalue weighted by molar-refractivity contribution is -0.136. The third-order valence-corrected chi connectivity index (χ3v) is 5.18. The standard InChI is InChI=1S/C19H22N4O3/c24-16-7-6-15(18(25)22-16)23-11-13-4-1-3-12(17(13)19(23)26)9-20-10-14-5-2-8-21-14/h1-5,14-15,20-21H,6-11H2,(H,22,24,25). The second-order valence-electron chi connectivity index (χ2n) is 6.93. The maximum Gasteiger partial charge on any atom is 0.255 e. The number of hydrogen-bond acceptors (Lipinski definition) is 5. The van der Waals surface area contributed by atoms with Crippen molar-refractivity contribution in [2.45, 2.75) is 38.0 Å². The highest BCUT2D eigenvalue weighted by Gasteiger charge is 2.39. The number of fused-ring (bicyclic) bond motifs is 1. The zero-order valence-electron chi connectivity index (χ0n) is 14.5. The maximum atomic E-state index is 13.0. The van der Waals surface area contributed by atoms with E-state index in [0.29, 0.717) is 31.1 Å². The number of piperidine rings is 1. The monoisotopic (exact) mass is 354 g/mol. The van der Waals surface area contributed by atoms with Crippen LogP contribution >= 0.6 is 0 Å². The molecule has 1 saturated heterocycles. The molecule has 4 rings (SSSR count). The molecule has 0 saturated carbocycles. The van der Waals surface area contributed by atoms with Gasteiger partial charge in [0.05, 0.1) is 0 Å². The van der Waals surface area contributed by atoms with E-state index in [1.165, 1.54) is 0 Å².